The van der Waals surface area contributed by atoms with Gasteiger partial charge in [-0.2, -0.15) is 0 Å². The van der Waals surface area contributed by atoms with Crippen LogP contribution in [-0.2, 0) is 70.0 Å². The number of aryl methyl sites for hydroxylation is 1. The second-order valence-corrected chi connectivity index (χ2v) is 14.3. The molecule has 320 valence electrons. The van der Waals surface area contributed by atoms with Gasteiger partial charge in [0.15, 0.2) is 0 Å². The first-order chi connectivity index (χ1) is 26.4. The molecule has 0 aromatic carbocycles. The van der Waals surface area contributed by atoms with Crippen molar-refractivity contribution in [2.24, 2.45) is 11.3 Å². The number of rotatable bonds is 43. The Balaban J connectivity index is 1.66. The minimum absolute atomic E-state index is 0.302. The minimum Gasteiger partial charge on any atom is -0.379 e. The Morgan fingerprint density at radius 3 is 1.13 bits per heavy atom. The molecule has 0 aliphatic heterocycles. The number of hydrogen-bond acceptors (Lipinski definition) is 14. The highest BCUT2D eigenvalue weighted by Gasteiger charge is 2.09. The van der Waals surface area contributed by atoms with E-state index in [1.807, 2.05) is 10.9 Å². The summed E-state index contributed by atoms with van der Waals surface area (Å²) < 4.78 is 68.2. The maximum Gasteiger partial charge on any atom is 0.108 e. The lowest BCUT2D eigenvalue weighted by Crippen LogP contribution is -2.15. The Bertz CT molecular complexity index is 891. The van der Waals surface area contributed by atoms with E-state index in [4.69, 9.17) is 56.8 Å². The van der Waals surface area contributed by atoms with E-state index in [-0.39, 0.29) is 0 Å². The van der Waals surface area contributed by atoms with Crippen molar-refractivity contribution in [1.82, 2.24) is 15.0 Å². The van der Waals surface area contributed by atoms with E-state index in [1.165, 1.54) is 19.3 Å². The molecule has 0 atom stereocenters. The van der Waals surface area contributed by atoms with Crippen molar-refractivity contribution in [3.05, 3.63) is 11.9 Å². The van der Waals surface area contributed by atoms with Crippen LogP contribution < -0.4 is 0 Å². The summed E-state index contributed by atoms with van der Waals surface area (Å²) in [6, 6.07) is 0. The molecular formula is C39H77N3O12. The largest absolute Gasteiger partial charge is 0.379 e. The number of hydrogen-bond donors (Lipinski definition) is 0. The first-order valence-electron chi connectivity index (χ1n) is 20.2. The summed E-state index contributed by atoms with van der Waals surface area (Å²) in [5, 5.41) is 8.36. The molecule has 0 aliphatic rings. The van der Waals surface area contributed by atoms with Gasteiger partial charge in [0.2, 0.25) is 0 Å². The number of ether oxygens (including phenoxy) is 12. The van der Waals surface area contributed by atoms with Gasteiger partial charge in [-0.15, -0.1) is 5.10 Å². The molecule has 0 amide bonds. The predicted molar refractivity (Wildman–Crippen MR) is 206 cm³/mol. The molecule has 1 aromatic heterocycles. The molecule has 0 radical (unpaired) electrons. The van der Waals surface area contributed by atoms with E-state index >= 15 is 0 Å². The van der Waals surface area contributed by atoms with Crippen LogP contribution in [-0.4, -0.2) is 167 Å². The molecule has 0 bridgehead atoms. The van der Waals surface area contributed by atoms with Gasteiger partial charge in [0.1, 0.15) is 5.69 Å². The Labute approximate surface area is 326 Å². The zero-order valence-electron chi connectivity index (χ0n) is 34.6. The highest BCUT2D eigenvalue weighted by atomic mass is 16.6. The summed E-state index contributed by atoms with van der Waals surface area (Å²) in [6.07, 6.45) is 7.92. The van der Waals surface area contributed by atoms with Crippen molar-refractivity contribution in [2.45, 2.75) is 79.9 Å². The zero-order valence-corrected chi connectivity index (χ0v) is 34.6. The Morgan fingerprint density at radius 2 is 0.796 bits per heavy atom. The number of nitrogens with zero attached hydrogens (tertiary/aromatic N) is 3. The normalized spacial score (nSPS) is 12.1. The summed E-state index contributed by atoms with van der Waals surface area (Å²) in [5.74, 6) is 0.774. The molecule has 0 fully saturated rings. The van der Waals surface area contributed by atoms with Gasteiger partial charge in [-0.25, -0.2) is 0 Å². The van der Waals surface area contributed by atoms with Gasteiger partial charge >= 0.3 is 0 Å². The van der Waals surface area contributed by atoms with Gasteiger partial charge in [-0.1, -0.05) is 59.1 Å². The standard InChI is InChI=1S/C39H77N3O12/c1-37(2)9-7-6-8-11-42-35-38(40-41-42)36-54-34-33-53-32-31-52-30-29-51-28-27-50-26-25-49-24-23-48-22-21-47-20-19-46-18-17-45-16-15-44-14-13-43-12-10-39(3,4)5/h35,37H,6-34,36H2,1-5H3. The molecule has 15 nitrogen and oxygen atoms in total. The van der Waals surface area contributed by atoms with Crippen molar-refractivity contribution < 1.29 is 56.8 Å². The molecule has 0 aliphatic carbocycles. The van der Waals surface area contributed by atoms with Crippen LogP contribution >= 0.6 is 0 Å². The van der Waals surface area contributed by atoms with Crippen molar-refractivity contribution in [1.29, 1.82) is 0 Å². The second-order valence-electron chi connectivity index (χ2n) is 14.3. The van der Waals surface area contributed by atoms with Gasteiger partial charge in [0.05, 0.1) is 158 Å². The van der Waals surface area contributed by atoms with Crippen LogP contribution in [0.5, 0.6) is 0 Å². The van der Waals surface area contributed by atoms with Crippen molar-refractivity contribution in [3.63, 3.8) is 0 Å². The van der Waals surface area contributed by atoms with Gasteiger partial charge in [-0.3, -0.25) is 4.68 Å². The minimum atomic E-state index is 0.302. The van der Waals surface area contributed by atoms with E-state index < -0.39 is 0 Å². The third-order valence-electron chi connectivity index (χ3n) is 7.59. The summed E-state index contributed by atoms with van der Waals surface area (Å²) in [5.41, 5.74) is 1.15. The van der Waals surface area contributed by atoms with Crippen LogP contribution in [0, 0.1) is 11.3 Å². The smallest absolute Gasteiger partial charge is 0.108 e. The molecule has 1 rings (SSSR count). The second kappa shape index (κ2) is 38.5. The van der Waals surface area contributed by atoms with Gasteiger partial charge in [-0.05, 0) is 24.2 Å². The molecule has 0 N–H and O–H groups in total. The fraction of sp³-hybridized carbons (Fsp3) is 0.949. The third kappa shape index (κ3) is 38.9. The average molecular weight is 780 g/mol. The van der Waals surface area contributed by atoms with Crippen LogP contribution in [0.3, 0.4) is 0 Å². The van der Waals surface area contributed by atoms with Gasteiger partial charge in [0, 0.05) is 13.2 Å². The molecule has 0 saturated carbocycles. The van der Waals surface area contributed by atoms with Crippen LogP contribution in [0.1, 0.15) is 72.4 Å². The monoisotopic (exact) mass is 780 g/mol. The Hall–Kier alpha value is -1.34. The van der Waals surface area contributed by atoms with E-state index in [0.29, 0.717) is 157 Å². The topological polar surface area (TPSA) is 141 Å². The van der Waals surface area contributed by atoms with Crippen LogP contribution in [0.2, 0.25) is 0 Å². The molecule has 0 unspecified atom stereocenters. The predicted octanol–water partition coefficient (Wildman–Crippen LogP) is 4.63. The maximum atomic E-state index is 5.63. The molecule has 0 saturated heterocycles. The summed E-state index contributed by atoms with van der Waals surface area (Å²) in [4.78, 5) is 0. The summed E-state index contributed by atoms with van der Waals surface area (Å²) >= 11 is 0. The SMILES string of the molecule is CC(C)CCCCCn1cc(COCCOCCOCCOCCOCCOCCOCCOCCOCCOCCOCCOCCC(C)(C)C)nn1. The quantitative estimate of drug-likeness (QED) is 0.0851. The fourth-order valence-electron chi connectivity index (χ4n) is 4.49. The van der Waals surface area contributed by atoms with Crippen molar-refractivity contribution in [2.75, 3.05) is 152 Å². The molecule has 15 heteroatoms. The van der Waals surface area contributed by atoms with E-state index in [2.05, 4.69) is 44.9 Å². The molecule has 1 aromatic rings. The van der Waals surface area contributed by atoms with Crippen molar-refractivity contribution >= 4 is 0 Å². The highest BCUT2D eigenvalue weighted by Crippen LogP contribution is 2.17. The molecular weight excluding hydrogens is 702 g/mol. The van der Waals surface area contributed by atoms with E-state index in [1.54, 1.807) is 0 Å². The van der Waals surface area contributed by atoms with Crippen molar-refractivity contribution in [3.8, 4) is 0 Å². The average Bonchev–Trinajstić information content (AvgIpc) is 3.59. The maximum absolute atomic E-state index is 5.63. The van der Waals surface area contributed by atoms with Crippen LogP contribution in [0.15, 0.2) is 6.20 Å². The third-order valence-corrected chi connectivity index (χ3v) is 7.59. The van der Waals surface area contributed by atoms with Gasteiger partial charge in [0.25, 0.3) is 0 Å². The first-order valence-corrected chi connectivity index (χ1v) is 20.2. The lowest BCUT2D eigenvalue weighted by Gasteiger charge is -2.17. The van der Waals surface area contributed by atoms with Crippen LogP contribution in [0.4, 0.5) is 0 Å². The summed E-state index contributed by atoms with van der Waals surface area (Å²) in [7, 11) is 0. The van der Waals surface area contributed by atoms with E-state index in [9.17, 15) is 0 Å². The number of unbranched alkanes of at least 4 members (excludes halogenated alkanes) is 2. The zero-order chi connectivity index (χ0) is 39.1. The lowest BCUT2D eigenvalue weighted by atomic mass is 9.93. The molecule has 0 spiro atoms. The first kappa shape index (κ1) is 50.7. The molecule has 54 heavy (non-hydrogen) atoms. The highest BCUT2D eigenvalue weighted by molar-refractivity contribution is 4.89. The van der Waals surface area contributed by atoms with Gasteiger partial charge < -0.3 is 56.8 Å². The summed E-state index contributed by atoms with van der Waals surface area (Å²) in [6.45, 7) is 24.8. The van der Waals surface area contributed by atoms with E-state index in [0.717, 1.165) is 37.6 Å². The lowest BCUT2D eigenvalue weighted by molar-refractivity contribution is -0.0287. The van der Waals surface area contributed by atoms with Crippen LogP contribution in [0.25, 0.3) is 0 Å². The fourth-order valence-corrected chi connectivity index (χ4v) is 4.49. The number of aromatic nitrogens is 3. The Morgan fingerprint density at radius 1 is 0.463 bits per heavy atom. The Kier molecular flexibility index (Phi) is 36.2. The molecule has 1 heterocycles.